The lowest BCUT2D eigenvalue weighted by Gasteiger charge is -2.28. The Morgan fingerprint density at radius 2 is 1.76 bits per heavy atom. The van der Waals surface area contributed by atoms with Crippen LogP contribution in [0.4, 0.5) is 5.69 Å². The normalized spacial score (nSPS) is 11.4. The van der Waals surface area contributed by atoms with Crippen molar-refractivity contribution in [3.8, 4) is 0 Å². The van der Waals surface area contributed by atoms with Crippen LogP contribution in [0.2, 0.25) is 0 Å². The average molecular weight is 298 g/mol. The van der Waals surface area contributed by atoms with Gasteiger partial charge in [0.05, 0.1) is 0 Å². The summed E-state index contributed by atoms with van der Waals surface area (Å²) in [5.74, 6) is 0.159. The summed E-state index contributed by atoms with van der Waals surface area (Å²) >= 11 is 3.42. The Balaban J connectivity index is 2.97. The van der Waals surface area contributed by atoms with Crippen molar-refractivity contribution in [2.24, 2.45) is 5.41 Å². The van der Waals surface area contributed by atoms with Gasteiger partial charge in [-0.05, 0) is 24.6 Å². The number of benzene rings is 1. The van der Waals surface area contributed by atoms with Crippen LogP contribution in [0.25, 0.3) is 0 Å². The lowest BCUT2D eigenvalue weighted by Crippen LogP contribution is -2.39. The number of carbonyl (C=O) groups is 1. The number of hydrogen-bond donors (Lipinski definition) is 0. The molecule has 3 heteroatoms. The molecule has 0 aliphatic carbocycles. The molecule has 0 spiro atoms. The second-order valence-electron chi connectivity index (χ2n) is 5.10. The number of amides is 1. The number of rotatable bonds is 3. The minimum atomic E-state index is -0.343. The molecule has 1 rings (SSSR count). The maximum atomic E-state index is 12.3. The van der Waals surface area contributed by atoms with Crippen LogP contribution >= 0.6 is 15.9 Å². The van der Waals surface area contributed by atoms with E-state index in [0.29, 0.717) is 6.54 Å². The molecule has 0 saturated carbocycles. The van der Waals surface area contributed by atoms with Gasteiger partial charge in [0.2, 0.25) is 5.91 Å². The molecule has 17 heavy (non-hydrogen) atoms. The largest absolute Gasteiger partial charge is 0.312 e. The topological polar surface area (TPSA) is 20.3 Å². The summed E-state index contributed by atoms with van der Waals surface area (Å²) in [6.45, 7) is 8.55. The van der Waals surface area contributed by atoms with E-state index in [1.54, 1.807) is 0 Å². The Morgan fingerprint density at radius 3 is 2.12 bits per heavy atom. The highest BCUT2D eigenvalue weighted by Crippen LogP contribution is 2.23. The van der Waals surface area contributed by atoms with Gasteiger partial charge < -0.3 is 4.90 Å². The van der Waals surface area contributed by atoms with E-state index in [0.717, 1.165) is 11.0 Å². The molecule has 2 nitrogen and oxygen atoms in total. The highest BCUT2D eigenvalue weighted by atomic mass is 79.9. The summed E-state index contributed by atoms with van der Waals surface area (Å²) in [5, 5.41) is 0.840. The van der Waals surface area contributed by atoms with E-state index in [2.05, 4.69) is 15.9 Å². The molecule has 0 N–H and O–H groups in total. The first-order chi connectivity index (χ1) is 7.90. The quantitative estimate of drug-likeness (QED) is 0.773. The summed E-state index contributed by atoms with van der Waals surface area (Å²) in [6.07, 6.45) is 0. The van der Waals surface area contributed by atoms with Gasteiger partial charge in [0.25, 0.3) is 0 Å². The van der Waals surface area contributed by atoms with Crippen molar-refractivity contribution in [3.63, 3.8) is 0 Å². The van der Waals surface area contributed by atoms with Crippen LogP contribution < -0.4 is 4.90 Å². The zero-order valence-electron chi connectivity index (χ0n) is 11.0. The van der Waals surface area contributed by atoms with Crippen LogP contribution in [-0.2, 0) is 10.1 Å². The first-order valence-corrected chi connectivity index (χ1v) is 6.99. The third kappa shape index (κ3) is 3.56. The molecular formula is C14H20BrNO. The maximum Gasteiger partial charge on any atom is 0.232 e. The van der Waals surface area contributed by atoms with Gasteiger partial charge in [-0.2, -0.15) is 0 Å². The van der Waals surface area contributed by atoms with Gasteiger partial charge >= 0.3 is 0 Å². The number of nitrogens with zero attached hydrogens (tertiary/aromatic N) is 1. The first kappa shape index (κ1) is 14.2. The zero-order chi connectivity index (χ0) is 13.1. The van der Waals surface area contributed by atoms with Crippen molar-refractivity contribution < 1.29 is 4.79 Å². The molecule has 1 amide bonds. The number of carbonyl (C=O) groups excluding carboxylic acids is 1. The second-order valence-corrected chi connectivity index (χ2v) is 5.66. The van der Waals surface area contributed by atoms with Crippen molar-refractivity contribution in [2.45, 2.75) is 33.0 Å². The van der Waals surface area contributed by atoms with Crippen molar-refractivity contribution >= 4 is 27.5 Å². The molecule has 1 aromatic rings. The molecule has 0 fully saturated rings. The van der Waals surface area contributed by atoms with Gasteiger partial charge in [-0.25, -0.2) is 0 Å². The van der Waals surface area contributed by atoms with E-state index < -0.39 is 0 Å². The molecule has 0 bridgehead atoms. The molecule has 0 aromatic heterocycles. The van der Waals surface area contributed by atoms with Gasteiger partial charge in [-0.15, -0.1) is 0 Å². The maximum absolute atomic E-state index is 12.3. The fourth-order valence-electron chi connectivity index (χ4n) is 1.61. The van der Waals surface area contributed by atoms with Crippen molar-refractivity contribution in [1.82, 2.24) is 0 Å². The molecule has 0 atom stereocenters. The van der Waals surface area contributed by atoms with E-state index in [1.165, 1.54) is 5.56 Å². The van der Waals surface area contributed by atoms with E-state index in [1.807, 2.05) is 56.9 Å². The first-order valence-electron chi connectivity index (χ1n) is 5.87. The highest BCUT2D eigenvalue weighted by molar-refractivity contribution is 9.08. The summed E-state index contributed by atoms with van der Waals surface area (Å²) in [7, 11) is 0. The van der Waals surface area contributed by atoms with Crippen LogP contribution in [0.15, 0.2) is 24.3 Å². The lowest BCUT2D eigenvalue weighted by molar-refractivity contribution is -0.125. The predicted octanol–water partition coefficient (Wildman–Crippen LogP) is 3.98. The SMILES string of the molecule is CCN(C(=O)C(C)(C)C)c1ccc(CBr)cc1. The van der Waals surface area contributed by atoms with Crippen LogP contribution in [0.1, 0.15) is 33.3 Å². The molecular weight excluding hydrogens is 278 g/mol. The van der Waals surface area contributed by atoms with Gasteiger partial charge in [0.1, 0.15) is 0 Å². The van der Waals surface area contributed by atoms with E-state index in [4.69, 9.17) is 0 Å². The second kappa shape index (κ2) is 5.67. The van der Waals surface area contributed by atoms with Crippen molar-refractivity contribution in [1.29, 1.82) is 0 Å². The summed E-state index contributed by atoms with van der Waals surface area (Å²) in [4.78, 5) is 14.1. The van der Waals surface area contributed by atoms with Crippen molar-refractivity contribution in [2.75, 3.05) is 11.4 Å². The highest BCUT2D eigenvalue weighted by Gasteiger charge is 2.27. The van der Waals surface area contributed by atoms with E-state index >= 15 is 0 Å². The van der Waals surface area contributed by atoms with Gasteiger partial charge in [0, 0.05) is 23.0 Å². The van der Waals surface area contributed by atoms with Crippen LogP contribution in [-0.4, -0.2) is 12.5 Å². The molecule has 0 unspecified atom stereocenters. The predicted molar refractivity (Wildman–Crippen MR) is 76.6 cm³/mol. The summed E-state index contributed by atoms with van der Waals surface area (Å²) < 4.78 is 0. The van der Waals surface area contributed by atoms with Gasteiger partial charge in [-0.1, -0.05) is 48.8 Å². The van der Waals surface area contributed by atoms with E-state index in [-0.39, 0.29) is 11.3 Å². The summed E-state index contributed by atoms with van der Waals surface area (Å²) in [6, 6.07) is 8.10. The minimum absolute atomic E-state index is 0.159. The molecule has 0 saturated heterocycles. The fraction of sp³-hybridized carbons (Fsp3) is 0.500. The zero-order valence-corrected chi connectivity index (χ0v) is 12.5. The number of halogens is 1. The fourth-order valence-corrected chi connectivity index (χ4v) is 1.99. The molecule has 0 radical (unpaired) electrons. The van der Waals surface area contributed by atoms with E-state index in [9.17, 15) is 4.79 Å². The third-order valence-electron chi connectivity index (χ3n) is 2.61. The Bertz CT molecular complexity index is 378. The number of hydrogen-bond acceptors (Lipinski definition) is 1. The average Bonchev–Trinajstić information content (AvgIpc) is 2.29. The molecule has 1 aromatic carbocycles. The van der Waals surface area contributed by atoms with Crippen LogP contribution in [0, 0.1) is 5.41 Å². The van der Waals surface area contributed by atoms with Crippen LogP contribution in [0.5, 0.6) is 0 Å². The van der Waals surface area contributed by atoms with Crippen LogP contribution in [0.3, 0.4) is 0 Å². The Hall–Kier alpha value is -0.830. The minimum Gasteiger partial charge on any atom is -0.312 e. The summed E-state index contributed by atoms with van der Waals surface area (Å²) in [5.41, 5.74) is 1.84. The number of alkyl halides is 1. The Morgan fingerprint density at radius 1 is 1.24 bits per heavy atom. The van der Waals surface area contributed by atoms with Gasteiger partial charge in [0.15, 0.2) is 0 Å². The van der Waals surface area contributed by atoms with Crippen molar-refractivity contribution in [3.05, 3.63) is 29.8 Å². The smallest absolute Gasteiger partial charge is 0.232 e. The lowest BCUT2D eigenvalue weighted by atomic mass is 9.94. The Kier molecular flexibility index (Phi) is 4.75. The molecule has 0 aliphatic rings. The monoisotopic (exact) mass is 297 g/mol. The number of anilines is 1. The van der Waals surface area contributed by atoms with Gasteiger partial charge in [-0.3, -0.25) is 4.79 Å². The molecule has 94 valence electrons. The third-order valence-corrected chi connectivity index (χ3v) is 3.25. The molecule has 0 aliphatic heterocycles. The molecule has 0 heterocycles. The standard InChI is InChI=1S/C14H20BrNO/c1-5-16(13(17)14(2,3)4)12-8-6-11(10-15)7-9-12/h6-9H,5,10H2,1-4H3. The Labute approximate surface area is 112 Å².